The van der Waals surface area contributed by atoms with Gasteiger partial charge in [0.1, 0.15) is 23.9 Å². The summed E-state index contributed by atoms with van der Waals surface area (Å²) in [5.74, 6) is -5.95. The van der Waals surface area contributed by atoms with Gasteiger partial charge in [0, 0.05) is 37.4 Å². The van der Waals surface area contributed by atoms with Crippen LogP contribution in [0.4, 0.5) is 5.69 Å². The van der Waals surface area contributed by atoms with Crippen LogP contribution in [-0.4, -0.2) is 125 Å². The van der Waals surface area contributed by atoms with E-state index in [4.69, 9.17) is 0 Å². The van der Waals surface area contributed by atoms with Gasteiger partial charge in [-0.25, -0.2) is 0 Å². The molecule has 0 aliphatic carbocycles. The Morgan fingerprint density at radius 3 is 2.37 bits per heavy atom. The van der Waals surface area contributed by atoms with Crippen LogP contribution in [0.25, 0.3) is 0 Å². The topological polar surface area (TPSA) is 279 Å². The molecule has 0 bridgehead atoms. The number of piperidine rings is 1. The Balaban J connectivity index is 1.32. The molecule has 4 unspecified atom stereocenters. The van der Waals surface area contributed by atoms with Gasteiger partial charge in [-0.3, -0.25) is 53.4 Å². The molecule has 20 heteroatoms. The Labute approximate surface area is 332 Å². The monoisotopic (exact) mass is 811 g/mol. The molecule has 1 fully saturated rings. The standard InChI is InChI=1S/C37H45N7O12S/c1-56-31(50)16-22(46)17-39-30(49)18-40-33(51)26(19-57)42-34(52)25(12-9-20-7-10-21(45)11-8-20)41-28(47)6-3-15-38-24-5-2-4-23-32(24)37(55)44(36(23)54)27-13-14-29(48)43-35(27)53/h2,4-5,7-8,10-11,22,25-27,38,45-46,57H,3,6,9,12-19H2,1H3,(H,39,49)(H,40,51)(H,41,47)(H,42,52)(H,43,48,53). The zero-order valence-electron chi connectivity index (χ0n) is 31.0. The van der Waals surface area contributed by atoms with E-state index in [2.05, 4.69) is 49.3 Å². The Kier molecular flexibility index (Phi) is 15.9. The molecule has 0 spiro atoms. The number of imide groups is 2. The number of esters is 1. The number of aliphatic hydroxyl groups excluding tert-OH is 1. The van der Waals surface area contributed by atoms with Crippen molar-refractivity contribution in [3.8, 4) is 5.75 Å². The lowest BCUT2D eigenvalue weighted by molar-refractivity contribution is -0.143. The molecule has 0 radical (unpaired) electrons. The summed E-state index contributed by atoms with van der Waals surface area (Å²) in [4.78, 5) is 114. The smallest absolute Gasteiger partial charge is 0.308 e. The molecule has 306 valence electrons. The number of phenolic OH excluding ortho intramolecular Hbond substituents is 1. The first-order valence-corrected chi connectivity index (χ1v) is 18.7. The third kappa shape index (κ3) is 12.2. The van der Waals surface area contributed by atoms with Crippen LogP contribution in [0.1, 0.15) is 64.8 Å². The average Bonchev–Trinajstić information content (AvgIpc) is 3.44. The molecule has 2 aromatic rings. The van der Waals surface area contributed by atoms with Gasteiger partial charge >= 0.3 is 5.97 Å². The first-order valence-electron chi connectivity index (χ1n) is 18.1. The number of amides is 8. The summed E-state index contributed by atoms with van der Waals surface area (Å²) >= 11 is 4.16. The van der Waals surface area contributed by atoms with Crippen molar-refractivity contribution in [1.29, 1.82) is 0 Å². The number of benzene rings is 2. The number of thiol groups is 1. The van der Waals surface area contributed by atoms with Gasteiger partial charge in [-0.2, -0.15) is 12.6 Å². The summed E-state index contributed by atoms with van der Waals surface area (Å²) in [5, 5.41) is 34.6. The fourth-order valence-electron chi connectivity index (χ4n) is 6.04. The van der Waals surface area contributed by atoms with Crippen LogP contribution >= 0.6 is 12.6 Å². The maximum atomic E-state index is 13.5. The van der Waals surface area contributed by atoms with E-state index < -0.39 is 84.0 Å². The molecule has 2 aromatic carbocycles. The van der Waals surface area contributed by atoms with Crippen LogP contribution in [-0.2, 0) is 44.7 Å². The number of nitrogens with zero attached hydrogens (tertiary/aromatic N) is 1. The predicted molar refractivity (Wildman–Crippen MR) is 204 cm³/mol. The molecule has 4 atom stereocenters. The van der Waals surface area contributed by atoms with Crippen molar-refractivity contribution in [1.82, 2.24) is 31.5 Å². The van der Waals surface area contributed by atoms with Crippen molar-refractivity contribution < 1.29 is 58.1 Å². The Bertz CT molecular complexity index is 1880. The molecule has 2 aliphatic rings. The lowest BCUT2D eigenvalue weighted by atomic mass is 10.0. The summed E-state index contributed by atoms with van der Waals surface area (Å²) in [5.41, 5.74) is 1.24. The van der Waals surface area contributed by atoms with Crippen molar-refractivity contribution in [2.45, 2.75) is 69.2 Å². The van der Waals surface area contributed by atoms with Crippen LogP contribution in [0.15, 0.2) is 42.5 Å². The second kappa shape index (κ2) is 20.8. The summed E-state index contributed by atoms with van der Waals surface area (Å²) < 4.78 is 4.45. The molecule has 1 saturated heterocycles. The maximum absolute atomic E-state index is 13.5. The highest BCUT2D eigenvalue weighted by Crippen LogP contribution is 2.32. The molecular weight excluding hydrogens is 767 g/mol. The van der Waals surface area contributed by atoms with Crippen molar-refractivity contribution >= 4 is 71.5 Å². The van der Waals surface area contributed by atoms with E-state index in [-0.39, 0.29) is 74.2 Å². The van der Waals surface area contributed by atoms with Crippen LogP contribution in [0.5, 0.6) is 5.75 Å². The highest BCUT2D eigenvalue weighted by atomic mass is 32.1. The molecule has 2 aliphatic heterocycles. The van der Waals surface area contributed by atoms with E-state index in [1.807, 2.05) is 0 Å². The van der Waals surface area contributed by atoms with E-state index in [1.54, 1.807) is 24.3 Å². The van der Waals surface area contributed by atoms with Crippen molar-refractivity contribution in [3.63, 3.8) is 0 Å². The summed E-state index contributed by atoms with van der Waals surface area (Å²) in [6, 6.07) is 7.44. The second-order valence-corrected chi connectivity index (χ2v) is 13.6. The summed E-state index contributed by atoms with van der Waals surface area (Å²) in [7, 11) is 1.16. The van der Waals surface area contributed by atoms with E-state index >= 15 is 0 Å². The molecule has 0 aromatic heterocycles. The number of nitrogens with one attached hydrogen (secondary N) is 6. The number of hydrogen-bond donors (Lipinski definition) is 9. The molecule has 8 N–H and O–H groups in total. The zero-order chi connectivity index (χ0) is 41.6. The number of ether oxygens (including phenoxy) is 1. The van der Waals surface area contributed by atoms with Gasteiger partial charge in [0.05, 0.1) is 37.3 Å². The molecule has 57 heavy (non-hydrogen) atoms. The van der Waals surface area contributed by atoms with E-state index in [9.17, 15) is 53.4 Å². The van der Waals surface area contributed by atoms with Crippen molar-refractivity contribution in [2.75, 3.05) is 37.8 Å². The average molecular weight is 812 g/mol. The number of hydrogen-bond acceptors (Lipinski definition) is 14. The van der Waals surface area contributed by atoms with Crippen LogP contribution in [0, 0.1) is 0 Å². The largest absolute Gasteiger partial charge is 0.508 e. The first-order chi connectivity index (χ1) is 27.2. The quantitative estimate of drug-likeness (QED) is 0.0325. The normalized spacial score (nSPS) is 16.4. The van der Waals surface area contributed by atoms with Crippen LogP contribution in [0.2, 0.25) is 0 Å². The number of aliphatic hydroxyl groups is 1. The fraction of sp³-hybridized carbons (Fsp3) is 0.432. The highest BCUT2D eigenvalue weighted by Gasteiger charge is 2.45. The molecule has 0 saturated carbocycles. The number of phenols is 1. The number of methoxy groups -OCH3 is 1. The molecular formula is C37H45N7O12S. The summed E-state index contributed by atoms with van der Waals surface area (Å²) in [6.45, 7) is -0.601. The third-order valence-corrected chi connectivity index (χ3v) is 9.44. The minimum atomic E-state index is -1.20. The number of carbonyl (C=O) groups is 9. The van der Waals surface area contributed by atoms with E-state index in [0.29, 0.717) is 12.1 Å². The minimum Gasteiger partial charge on any atom is -0.508 e. The maximum Gasteiger partial charge on any atom is 0.308 e. The van der Waals surface area contributed by atoms with Crippen LogP contribution < -0.4 is 31.9 Å². The second-order valence-electron chi connectivity index (χ2n) is 13.2. The number of carbonyl (C=O) groups excluding carboxylic acids is 9. The van der Waals surface area contributed by atoms with E-state index in [1.165, 1.54) is 18.2 Å². The lowest BCUT2D eigenvalue weighted by Crippen LogP contribution is -2.55. The zero-order valence-corrected chi connectivity index (χ0v) is 31.9. The number of aryl methyl sites for hydroxylation is 1. The van der Waals surface area contributed by atoms with Gasteiger partial charge < -0.3 is 41.5 Å². The minimum absolute atomic E-state index is 0.0114. The van der Waals surface area contributed by atoms with Crippen LogP contribution in [0.3, 0.4) is 0 Å². The fourth-order valence-corrected chi connectivity index (χ4v) is 6.30. The third-order valence-electron chi connectivity index (χ3n) is 9.08. The summed E-state index contributed by atoms with van der Waals surface area (Å²) in [6.07, 6.45) is -0.976. The Morgan fingerprint density at radius 1 is 0.947 bits per heavy atom. The molecule has 2 heterocycles. The molecule has 19 nitrogen and oxygen atoms in total. The number of fused-ring (bicyclic) bond motifs is 1. The van der Waals surface area contributed by atoms with Gasteiger partial charge in [-0.15, -0.1) is 0 Å². The lowest BCUT2D eigenvalue weighted by Gasteiger charge is -2.27. The molecule has 4 rings (SSSR count). The number of anilines is 1. The van der Waals surface area contributed by atoms with E-state index in [0.717, 1.165) is 17.6 Å². The number of aromatic hydroxyl groups is 1. The number of rotatable bonds is 20. The Hall–Kier alpha value is -6.02. The van der Waals surface area contributed by atoms with Gasteiger partial charge in [-0.1, -0.05) is 18.2 Å². The van der Waals surface area contributed by atoms with Crippen molar-refractivity contribution in [3.05, 3.63) is 59.2 Å². The van der Waals surface area contributed by atoms with Gasteiger partial charge in [0.2, 0.25) is 35.4 Å². The van der Waals surface area contributed by atoms with Crippen molar-refractivity contribution in [2.24, 2.45) is 0 Å². The SMILES string of the molecule is COC(=O)CC(O)CNC(=O)CNC(=O)C(CS)NC(=O)C(CCc1ccc(O)cc1)NC(=O)CCCNc1cccc2c1C(=O)N(C1CCC(=O)NC1=O)C2=O. The first kappa shape index (κ1) is 43.7. The highest BCUT2D eigenvalue weighted by molar-refractivity contribution is 7.80. The Morgan fingerprint density at radius 2 is 1.68 bits per heavy atom. The van der Waals surface area contributed by atoms with Gasteiger partial charge in [0.25, 0.3) is 11.8 Å². The predicted octanol–water partition coefficient (Wildman–Crippen LogP) is -1.33. The van der Waals surface area contributed by atoms with Gasteiger partial charge in [0.15, 0.2) is 0 Å². The molecule has 8 amide bonds. The van der Waals surface area contributed by atoms with Gasteiger partial charge in [-0.05, 0) is 55.5 Å².